The van der Waals surface area contributed by atoms with E-state index < -0.39 is 12.1 Å². The second-order valence-electron chi connectivity index (χ2n) is 4.79. The number of carboxylic acids is 1. The van der Waals surface area contributed by atoms with E-state index >= 15 is 0 Å². The van der Waals surface area contributed by atoms with Crippen LogP contribution in [0.3, 0.4) is 0 Å². The molecule has 6 N–H and O–H groups in total. The molecule has 9 heteroatoms. The van der Waals surface area contributed by atoms with Crippen molar-refractivity contribution in [3.63, 3.8) is 0 Å². The molecule has 0 amide bonds. The predicted octanol–water partition coefficient (Wildman–Crippen LogP) is 2.48. The van der Waals surface area contributed by atoms with Crippen LogP contribution in [0.5, 0.6) is 0 Å². The summed E-state index contributed by atoms with van der Waals surface area (Å²) in [7, 11) is 0. The number of hydrogen-bond donors (Lipinski definition) is 4. The van der Waals surface area contributed by atoms with E-state index in [4.69, 9.17) is 21.4 Å². The SMILES string of the molecule is Nc1ccc2c(c1N)c(=O)[nH]c1ccccc12.O=C(O)C(F)(F)F. The average molecular weight is 339 g/mol. The molecule has 0 aliphatic carbocycles. The number of carboxylic acid groups (broad SMARTS) is 1. The van der Waals surface area contributed by atoms with Crippen molar-refractivity contribution in [3.8, 4) is 0 Å². The minimum Gasteiger partial charge on any atom is -0.475 e. The Morgan fingerprint density at radius 2 is 1.62 bits per heavy atom. The summed E-state index contributed by atoms with van der Waals surface area (Å²) >= 11 is 0. The maximum atomic E-state index is 12.0. The van der Waals surface area contributed by atoms with Crippen LogP contribution in [0.4, 0.5) is 24.5 Å². The molecule has 3 aromatic rings. The van der Waals surface area contributed by atoms with Crippen LogP contribution in [0, 0.1) is 0 Å². The fourth-order valence-electron chi connectivity index (χ4n) is 2.12. The molecule has 0 saturated carbocycles. The second kappa shape index (κ2) is 6.11. The van der Waals surface area contributed by atoms with Gasteiger partial charge in [0.15, 0.2) is 0 Å². The van der Waals surface area contributed by atoms with Crippen LogP contribution in [0.2, 0.25) is 0 Å². The van der Waals surface area contributed by atoms with Crippen LogP contribution in [-0.2, 0) is 4.79 Å². The monoisotopic (exact) mass is 339 g/mol. The summed E-state index contributed by atoms with van der Waals surface area (Å²) in [4.78, 5) is 23.7. The number of nitrogens with one attached hydrogen (secondary N) is 1. The fourth-order valence-corrected chi connectivity index (χ4v) is 2.12. The molecule has 126 valence electrons. The van der Waals surface area contributed by atoms with Gasteiger partial charge in [0.2, 0.25) is 0 Å². The third-order valence-electron chi connectivity index (χ3n) is 3.21. The number of rotatable bonds is 0. The minimum absolute atomic E-state index is 0.205. The molecule has 0 spiro atoms. The lowest BCUT2D eigenvalue weighted by molar-refractivity contribution is -0.192. The maximum Gasteiger partial charge on any atom is 0.490 e. The molecule has 0 atom stereocenters. The van der Waals surface area contributed by atoms with Crippen molar-refractivity contribution in [3.05, 3.63) is 46.8 Å². The molecule has 0 unspecified atom stereocenters. The summed E-state index contributed by atoms with van der Waals surface area (Å²) in [6.07, 6.45) is -5.08. The number of fused-ring (bicyclic) bond motifs is 3. The van der Waals surface area contributed by atoms with Crippen LogP contribution in [0.25, 0.3) is 21.7 Å². The molecule has 1 heterocycles. The quantitative estimate of drug-likeness (QED) is 0.370. The lowest BCUT2D eigenvalue weighted by Crippen LogP contribution is -2.21. The molecule has 24 heavy (non-hydrogen) atoms. The molecule has 0 aliphatic rings. The number of carbonyl (C=O) groups is 1. The number of anilines is 2. The van der Waals surface area contributed by atoms with Gasteiger partial charge in [-0.25, -0.2) is 4.79 Å². The zero-order valence-corrected chi connectivity index (χ0v) is 12.0. The van der Waals surface area contributed by atoms with E-state index in [1.54, 1.807) is 6.07 Å². The van der Waals surface area contributed by atoms with E-state index in [0.29, 0.717) is 16.8 Å². The van der Waals surface area contributed by atoms with Crippen molar-refractivity contribution in [2.45, 2.75) is 6.18 Å². The molecule has 1 aromatic heterocycles. The summed E-state index contributed by atoms with van der Waals surface area (Å²) in [6, 6.07) is 11.2. The molecule has 0 radical (unpaired) electrons. The molecular weight excluding hydrogens is 327 g/mol. The van der Waals surface area contributed by atoms with Crippen LogP contribution >= 0.6 is 0 Å². The smallest absolute Gasteiger partial charge is 0.475 e. The Kier molecular flexibility index (Phi) is 4.36. The van der Waals surface area contributed by atoms with Gasteiger partial charge in [0.25, 0.3) is 5.56 Å². The first-order valence-electron chi connectivity index (χ1n) is 6.51. The fraction of sp³-hybridized carbons (Fsp3) is 0.0667. The normalized spacial score (nSPS) is 11.1. The van der Waals surface area contributed by atoms with Crippen molar-refractivity contribution >= 4 is 39.0 Å². The van der Waals surface area contributed by atoms with E-state index in [-0.39, 0.29) is 5.56 Å². The molecule has 6 nitrogen and oxygen atoms in total. The lowest BCUT2D eigenvalue weighted by atomic mass is 10.0. The van der Waals surface area contributed by atoms with Crippen molar-refractivity contribution in [2.24, 2.45) is 0 Å². The number of nitrogens with two attached hydrogens (primary N) is 2. The number of para-hydroxylation sites is 1. The van der Waals surface area contributed by atoms with Crippen molar-refractivity contribution < 1.29 is 23.1 Å². The summed E-state index contributed by atoms with van der Waals surface area (Å²) in [5.74, 6) is -2.76. The van der Waals surface area contributed by atoms with Gasteiger partial charge in [-0.1, -0.05) is 24.3 Å². The lowest BCUT2D eigenvalue weighted by Gasteiger charge is -2.07. The Morgan fingerprint density at radius 3 is 2.21 bits per heavy atom. The van der Waals surface area contributed by atoms with Gasteiger partial charge in [-0.3, -0.25) is 4.79 Å². The number of pyridine rings is 1. The third kappa shape index (κ3) is 3.24. The Hall–Kier alpha value is -3.23. The maximum absolute atomic E-state index is 12.0. The molecule has 0 aliphatic heterocycles. The molecule has 0 bridgehead atoms. The van der Waals surface area contributed by atoms with Crippen molar-refractivity contribution in [1.82, 2.24) is 4.98 Å². The highest BCUT2D eigenvalue weighted by atomic mass is 19.4. The summed E-state index contributed by atoms with van der Waals surface area (Å²) in [5.41, 5.74) is 13.0. The Morgan fingerprint density at radius 1 is 1.04 bits per heavy atom. The Balaban J connectivity index is 0.000000256. The van der Waals surface area contributed by atoms with Crippen molar-refractivity contribution in [1.29, 1.82) is 0 Å². The molecule has 2 aromatic carbocycles. The first-order chi connectivity index (χ1) is 11.1. The number of aromatic amines is 1. The van der Waals surface area contributed by atoms with E-state index in [1.165, 1.54) is 0 Å². The summed E-state index contributed by atoms with van der Waals surface area (Å²) < 4.78 is 31.7. The molecule has 3 rings (SSSR count). The standard InChI is InChI=1S/C13H11N3O.C2HF3O2/c14-9-6-5-8-7-3-1-2-4-10(7)16-13(17)11(8)12(9)15;3-2(4,5)1(6)7/h1-6H,14-15H2,(H,16,17);(H,6,7). The van der Waals surface area contributed by atoms with E-state index in [9.17, 15) is 18.0 Å². The molecular formula is C15H12F3N3O3. The third-order valence-corrected chi connectivity index (χ3v) is 3.21. The van der Waals surface area contributed by atoms with E-state index in [1.807, 2.05) is 30.3 Å². The predicted molar refractivity (Wildman–Crippen MR) is 84.6 cm³/mol. The first kappa shape index (κ1) is 17.1. The molecule has 0 saturated heterocycles. The highest BCUT2D eigenvalue weighted by Gasteiger charge is 2.38. The van der Waals surface area contributed by atoms with Gasteiger partial charge >= 0.3 is 12.1 Å². The van der Waals surface area contributed by atoms with Gasteiger partial charge in [0.1, 0.15) is 0 Å². The number of H-pyrrole nitrogens is 1. The highest BCUT2D eigenvalue weighted by molar-refractivity contribution is 6.11. The average Bonchev–Trinajstić information content (AvgIpc) is 2.50. The highest BCUT2D eigenvalue weighted by Crippen LogP contribution is 2.28. The van der Waals surface area contributed by atoms with Crippen LogP contribution in [0.1, 0.15) is 0 Å². The van der Waals surface area contributed by atoms with Crippen molar-refractivity contribution in [2.75, 3.05) is 11.5 Å². The minimum atomic E-state index is -5.08. The number of alkyl halides is 3. The van der Waals surface area contributed by atoms with E-state index in [0.717, 1.165) is 16.3 Å². The number of nitrogen functional groups attached to an aromatic ring is 2. The first-order valence-corrected chi connectivity index (χ1v) is 6.51. The number of aliphatic carboxylic acids is 1. The number of hydrogen-bond acceptors (Lipinski definition) is 4. The Labute approximate surface area is 132 Å². The number of halogens is 3. The summed E-state index contributed by atoms with van der Waals surface area (Å²) in [6.45, 7) is 0. The van der Waals surface area contributed by atoms with Crippen LogP contribution in [-0.4, -0.2) is 22.2 Å². The second-order valence-corrected chi connectivity index (χ2v) is 4.79. The zero-order chi connectivity index (χ0) is 18.1. The topological polar surface area (TPSA) is 122 Å². The van der Waals surface area contributed by atoms with E-state index in [2.05, 4.69) is 4.98 Å². The molecule has 0 fully saturated rings. The summed E-state index contributed by atoms with van der Waals surface area (Å²) in [5, 5.41) is 9.38. The van der Waals surface area contributed by atoms with Crippen LogP contribution < -0.4 is 17.0 Å². The Bertz CT molecular complexity index is 980. The number of aromatic nitrogens is 1. The van der Waals surface area contributed by atoms with Gasteiger partial charge in [-0.2, -0.15) is 13.2 Å². The number of benzene rings is 2. The zero-order valence-electron chi connectivity index (χ0n) is 12.0. The van der Waals surface area contributed by atoms with Gasteiger partial charge in [0, 0.05) is 10.9 Å². The van der Waals surface area contributed by atoms with Gasteiger partial charge in [-0.05, 0) is 17.5 Å². The van der Waals surface area contributed by atoms with Gasteiger partial charge < -0.3 is 21.6 Å². The largest absolute Gasteiger partial charge is 0.490 e. The van der Waals surface area contributed by atoms with Crippen LogP contribution in [0.15, 0.2) is 41.2 Å². The van der Waals surface area contributed by atoms with Gasteiger partial charge in [-0.15, -0.1) is 0 Å². The van der Waals surface area contributed by atoms with Gasteiger partial charge in [0.05, 0.1) is 16.8 Å².